The number of aryl methyl sites for hydroxylation is 1. The Hall–Kier alpha value is -0.420. The van der Waals surface area contributed by atoms with Gasteiger partial charge in [0.25, 0.3) is 0 Å². The van der Waals surface area contributed by atoms with E-state index in [1.165, 1.54) is 11.3 Å². The number of ether oxygens (including phenoxy) is 1. The van der Waals surface area contributed by atoms with E-state index in [-0.39, 0.29) is 5.97 Å². The molecule has 0 aliphatic heterocycles. The smallest absolute Gasteiger partial charge is 0.358 e. The summed E-state index contributed by atoms with van der Waals surface area (Å²) in [6.07, 6.45) is 0.790. The minimum absolute atomic E-state index is 0.346. The second kappa shape index (κ2) is 4.61. The molecule has 0 aliphatic carbocycles. The Morgan fingerprint density at radius 1 is 1.53 bits per heavy atom. The lowest BCUT2D eigenvalue weighted by Crippen LogP contribution is -2.24. The van der Waals surface area contributed by atoms with Crippen LogP contribution in [0.2, 0.25) is 0 Å². The number of hydrogen-bond donors (Lipinski definition) is 0. The lowest BCUT2D eigenvalue weighted by molar-refractivity contribution is 0.00625. The topological polar surface area (TPSA) is 39.2 Å². The van der Waals surface area contributed by atoms with Crippen LogP contribution in [-0.4, -0.2) is 16.6 Å². The molecule has 0 aliphatic rings. The van der Waals surface area contributed by atoms with Gasteiger partial charge >= 0.3 is 5.97 Å². The van der Waals surface area contributed by atoms with Crippen molar-refractivity contribution in [1.29, 1.82) is 0 Å². The fourth-order valence-corrected chi connectivity index (χ4v) is 2.52. The van der Waals surface area contributed by atoms with Gasteiger partial charge in [-0.3, -0.25) is 0 Å². The molecule has 0 aromatic carbocycles. The predicted octanol–water partition coefficient (Wildman–Crippen LogP) is 3.42. The first kappa shape index (κ1) is 12.6. The molecule has 3 nitrogen and oxygen atoms in total. The average molecular weight is 292 g/mol. The van der Waals surface area contributed by atoms with Crippen molar-refractivity contribution in [3.63, 3.8) is 0 Å². The van der Waals surface area contributed by atoms with Crippen molar-refractivity contribution in [3.8, 4) is 0 Å². The molecule has 0 radical (unpaired) electrons. The third kappa shape index (κ3) is 3.57. The molecule has 5 heteroatoms. The quantitative estimate of drug-likeness (QED) is 0.784. The number of esters is 1. The number of thiazole rings is 1. The molecule has 0 saturated heterocycles. The Kier molecular flexibility index (Phi) is 3.89. The first-order valence-electron chi connectivity index (χ1n) is 4.72. The van der Waals surface area contributed by atoms with Gasteiger partial charge in [-0.15, -0.1) is 11.3 Å². The van der Waals surface area contributed by atoms with E-state index in [2.05, 4.69) is 20.9 Å². The first-order chi connectivity index (χ1) is 6.83. The van der Waals surface area contributed by atoms with Gasteiger partial charge in [-0.1, -0.05) is 6.92 Å². The van der Waals surface area contributed by atoms with E-state index < -0.39 is 5.60 Å². The van der Waals surface area contributed by atoms with Crippen LogP contribution in [0.5, 0.6) is 0 Å². The van der Waals surface area contributed by atoms with E-state index in [4.69, 9.17) is 4.74 Å². The highest BCUT2D eigenvalue weighted by Crippen LogP contribution is 2.25. The van der Waals surface area contributed by atoms with Crippen molar-refractivity contribution < 1.29 is 9.53 Å². The van der Waals surface area contributed by atoms with E-state index in [0.717, 1.165) is 15.2 Å². The van der Waals surface area contributed by atoms with Gasteiger partial charge in [-0.2, -0.15) is 0 Å². The second-order valence-corrected chi connectivity index (χ2v) is 6.45. The first-order valence-corrected chi connectivity index (χ1v) is 6.33. The lowest BCUT2D eigenvalue weighted by Gasteiger charge is -2.18. The van der Waals surface area contributed by atoms with Gasteiger partial charge in [0.2, 0.25) is 0 Å². The summed E-state index contributed by atoms with van der Waals surface area (Å²) in [4.78, 5) is 16.8. The molecule has 0 fully saturated rings. The van der Waals surface area contributed by atoms with Crippen LogP contribution in [0.4, 0.5) is 0 Å². The van der Waals surface area contributed by atoms with Gasteiger partial charge in [-0.25, -0.2) is 9.78 Å². The highest BCUT2D eigenvalue weighted by atomic mass is 79.9. The fraction of sp³-hybridized carbons (Fsp3) is 0.600. The average Bonchev–Trinajstić information content (AvgIpc) is 2.43. The molecule has 0 spiro atoms. The SMILES string of the molecule is CCc1sc(Br)nc1C(=O)OC(C)(C)C. The molecule has 0 amide bonds. The molecule has 0 bridgehead atoms. The van der Waals surface area contributed by atoms with Gasteiger partial charge in [-0.05, 0) is 43.1 Å². The zero-order valence-corrected chi connectivity index (χ0v) is 11.7. The summed E-state index contributed by atoms with van der Waals surface area (Å²) in [6, 6.07) is 0. The van der Waals surface area contributed by atoms with Gasteiger partial charge in [0.05, 0.1) is 0 Å². The standard InChI is InChI=1S/C10H14BrNO2S/c1-5-6-7(12-9(11)15-6)8(13)14-10(2,3)4/h5H2,1-4H3. The van der Waals surface area contributed by atoms with E-state index in [0.29, 0.717) is 5.69 Å². The summed E-state index contributed by atoms with van der Waals surface area (Å²) in [6.45, 7) is 7.53. The Bertz CT molecular complexity index is 368. The maximum absolute atomic E-state index is 11.8. The van der Waals surface area contributed by atoms with E-state index >= 15 is 0 Å². The molecular formula is C10H14BrNO2S. The third-order valence-corrected chi connectivity index (χ3v) is 3.24. The predicted molar refractivity (Wildman–Crippen MR) is 64.4 cm³/mol. The molecule has 0 N–H and O–H groups in total. The molecule has 0 unspecified atom stereocenters. The van der Waals surface area contributed by atoms with E-state index in [1.807, 2.05) is 27.7 Å². The molecule has 1 aromatic heterocycles. The number of rotatable bonds is 2. The Balaban J connectivity index is 2.91. The summed E-state index contributed by atoms with van der Waals surface area (Å²) in [5.74, 6) is -0.346. The Labute approximate surface area is 102 Å². The molecule has 15 heavy (non-hydrogen) atoms. The Morgan fingerprint density at radius 3 is 2.60 bits per heavy atom. The number of carbonyl (C=O) groups excluding carboxylic acids is 1. The summed E-state index contributed by atoms with van der Waals surface area (Å²) < 4.78 is 5.99. The zero-order valence-electron chi connectivity index (χ0n) is 9.26. The van der Waals surface area contributed by atoms with Gasteiger partial charge in [0.15, 0.2) is 9.61 Å². The number of carbonyl (C=O) groups is 1. The van der Waals surface area contributed by atoms with E-state index in [1.54, 1.807) is 0 Å². The molecule has 0 atom stereocenters. The van der Waals surface area contributed by atoms with Crippen LogP contribution in [0.15, 0.2) is 3.92 Å². The van der Waals surface area contributed by atoms with Gasteiger partial charge in [0, 0.05) is 4.88 Å². The minimum atomic E-state index is -0.474. The van der Waals surface area contributed by atoms with E-state index in [9.17, 15) is 4.79 Å². The van der Waals surface area contributed by atoms with Crippen LogP contribution in [0, 0.1) is 0 Å². The summed E-state index contributed by atoms with van der Waals surface area (Å²) in [5.41, 5.74) is -0.0395. The highest BCUT2D eigenvalue weighted by Gasteiger charge is 2.23. The molecule has 1 rings (SSSR count). The molecule has 84 valence electrons. The van der Waals surface area contributed by atoms with Crippen molar-refractivity contribution in [3.05, 3.63) is 14.5 Å². The summed E-state index contributed by atoms with van der Waals surface area (Å²) in [7, 11) is 0. The van der Waals surface area contributed by atoms with Crippen LogP contribution in [-0.2, 0) is 11.2 Å². The maximum atomic E-state index is 11.8. The van der Waals surface area contributed by atoms with Crippen LogP contribution in [0.1, 0.15) is 43.1 Å². The van der Waals surface area contributed by atoms with Crippen molar-refractivity contribution in [1.82, 2.24) is 4.98 Å². The van der Waals surface area contributed by atoms with Crippen LogP contribution in [0.3, 0.4) is 0 Å². The highest BCUT2D eigenvalue weighted by molar-refractivity contribution is 9.11. The van der Waals surface area contributed by atoms with Crippen molar-refractivity contribution >= 4 is 33.2 Å². The van der Waals surface area contributed by atoms with Gasteiger partial charge < -0.3 is 4.74 Å². The van der Waals surface area contributed by atoms with Crippen molar-refractivity contribution in [2.45, 2.75) is 39.7 Å². The van der Waals surface area contributed by atoms with Crippen molar-refractivity contribution in [2.75, 3.05) is 0 Å². The maximum Gasteiger partial charge on any atom is 0.358 e. The fourth-order valence-electron chi connectivity index (χ4n) is 1.05. The molecule has 1 aromatic rings. The van der Waals surface area contributed by atoms with Crippen LogP contribution >= 0.6 is 27.3 Å². The van der Waals surface area contributed by atoms with Crippen molar-refractivity contribution in [2.24, 2.45) is 0 Å². The largest absolute Gasteiger partial charge is 0.455 e. The number of halogens is 1. The van der Waals surface area contributed by atoms with Gasteiger partial charge in [0.1, 0.15) is 5.60 Å². The summed E-state index contributed by atoms with van der Waals surface area (Å²) in [5, 5.41) is 0. The second-order valence-electron chi connectivity index (χ2n) is 4.09. The normalized spacial score (nSPS) is 11.5. The molecule has 1 heterocycles. The molecule has 0 saturated carbocycles. The third-order valence-electron chi connectivity index (χ3n) is 1.58. The number of nitrogens with zero attached hydrogens (tertiary/aromatic N) is 1. The minimum Gasteiger partial charge on any atom is -0.455 e. The Morgan fingerprint density at radius 2 is 2.13 bits per heavy atom. The van der Waals surface area contributed by atoms with Crippen LogP contribution < -0.4 is 0 Å². The zero-order chi connectivity index (χ0) is 11.6. The van der Waals surface area contributed by atoms with Crippen LogP contribution in [0.25, 0.3) is 0 Å². The molecular weight excluding hydrogens is 278 g/mol. The number of hydrogen-bond acceptors (Lipinski definition) is 4. The number of aromatic nitrogens is 1. The summed E-state index contributed by atoms with van der Waals surface area (Å²) >= 11 is 4.74. The lowest BCUT2D eigenvalue weighted by atomic mass is 10.2. The monoisotopic (exact) mass is 291 g/mol.